The molecule has 4 heterocycles. The number of hydrogen-bond donors (Lipinski definition) is 0. The van der Waals surface area contributed by atoms with E-state index in [9.17, 15) is 0 Å². The largest absolute Gasteiger partial charge is 0.269 e. The van der Waals surface area contributed by atoms with Crippen molar-refractivity contribution in [3.63, 3.8) is 0 Å². The smallest absolute Gasteiger partial charge is 0.117 e. The van der Waals surface area contributed by atoms with E-state index in [1.807, 2.05) is 23.5 Å². The normalized spacial score (nSPS) is 18.7. The summed E-state index contributed by atoms with van der Waals surface area (Å²) in [6.45, 7) is 17.9. The molecule has 4 aromatic carbocycles. The van der Waals surface area contributed by atoms with Crippen molar-refractivity contribution in [3.05, 3.63) is 121 Å². The highest BCUT2D eigenvalue weighted by atomic mass is 32.2. The maximum atomic E-state index is 5.37. The van der Waals surface area contributed by atoms with Gasteiger partial charge in [-0.05, 0) is 118 Å². The average molecular weight is 691 g/mol. The van der Waals surface area contributed by atoms with Crippen molar-refractivity contribution in [1.82, 2.24) is 9.97 Å². The fourth-order valence-electron chi connectivity index (χ4n) is 6.70. The van der Waals surface area contributed by atoms with Gasteiger partial charge >= 0.3 is 0 Å². The van der Waals surface area contributed by atoms with Crippen LogP contribution in [0, 0.1) is 0 Å². The second-order valence-corrected chi connectivity index (χ2v) is 18.6. The topological polar surface area (TPSA) is 50.5 Å². The van der Waals surface area contributed by atoms with Gasteiger partial charge in [0.15, 0.2) is 0 Å². The maximum Gasteiger partial charge on any atom is 0.117 e. The summed E-state index contributed by atoms with van der Waals surface area (Å²) in [5.41, 5.74) is 7.94. The van der Waals surface area contributed by atoms with E-state index in [1.165, 1.54) is 11.1 Å². The van der Waals surface area contributed by atoms with Gasteiger partial charge in [0.2, 0.25) is 0 Å². The lowest BCUT2D eigenvalue weighted by Gasteiger charge is -2.30. The van der Waals surface area contributed by atoms with E-state index in [1.54, 1.807) is 0 Å². The molecule has 0 aliphatic carbocycles. The van der Waals surface area contributed by atoms with Gasteiger partial charge in [-0.2, -0.15) is 0 Å². The second-order valence-electron chi connectivity index (χ2n) is 15.4. The summed E-state index contributed by atoms with van der Waals surface area (Å²) in [4.78, 5) is 21.0. The van der Waals surface area contributed by atoms with Crippen LogP contribution in [0.25, 0.3) is 55.2 Å². The summed E-state index contributed by atoms with van der Waals surface area (Å²) in [5.74, 6) is 0. The zero-order chi connectivity index (χ0) is 35.1. The molecule has 0 radical (unpaired) electrons. The average Bonchev–Trinajstić information content (AvgIpc) is 3.46. The predicted octanol–water partition coefficient (Wildman–Crippen LogP) is 11.9. The highest BCUT2D eigenvalue weighted by Crippen LogP contribution is 2.49. The van der Waals surface area contributed by atoms with Gasteiger partial charge in [0.1, 0.15) is 10.1 Å². The van der Waals surface area contributed by atoms with Gasteiger partial charge in [-0.1, -0.05) is 102 Å². The monoisotopic (exact) mass is 690 g/mol. The van der Waals surface area contributed by atoms with Crippen molar-refractivity contribution >= 4 is 55.2 Å². The molecule has 0 unspecified atom stereocenters. The maximum absolute atomic E-state index is 5.37. The van der Waals surface area contributed by atoms with E-state index < -0.39 is 0 Å². The molecule has 250 valence electrons. The zero-order valence-corrected chi connectivity index (χ0v) is 31.6. The molecule has 0 spiro atoms. The van der Waals surface area contributed by atoms with E-state index in [0.29, 0.717) is 0 Å². The van der Waals surface area contributed by atoms with E-state index in [0.717, 1.165) is 65.5 Å². The van der Waals surface area contributed by atoms with Crippen molar-refractivity contribution < 1.29 is 0 Å². The van der Waals surface area contributed by atoms with Gasteiger partial charge in [0.05, 0.1) is 33.9 Å². The highest BCUT2D eigenvalue weighted by Gasteiger charge is 2.45. The van der Waals surface area contributed by atoms with E-state index in [-0.39, 0.29) is 20.6 Å². The van der Waals surface area contributed by atoms with Crippen LogP contribution in [0.3, 0.4) is 0 Å². The lowest BCUT2D eigenvalue weighted by Crippen LogP contribution is -2.36. The quantitative estimate of drug-likeness (QED) is 0.169. The number of benzene rings is 4. The molecule has 4 nitrogen and oxygen atoms in total. The van der Waals surface area contributed by atoms with Crippen LogP contribution in [0.15, 0.2) is 119 Å². The number of aliphatic imine (C=N–C) groups is 2. The Morgan fingerprint density at radius 1 is 0.400 bits per heavy atom. The summed E-state index contributed by atoms with van der Waals surface area (Å²) in [6.07, 6.45) is 0. The van der Waals surface area contributed by atoms with Crippen LogP contribution in [-0.2, 0) is 0 Å². The molecule has 2 aliphatic heterocycles. The van der Waals surface area contributed by atoms with Gasteiger partial charge in [0, 0.05) is 20.6 Å². The molecule has 6 heteroatoms. The molecule has 0 saturated carbocycles. The molecule has 2 aromatic heterocycles. The Hall–Kier alpha value is -4.26. The lowest BCUT2D eigenvalue weighted by molar-refractivity contribution is 0.426. The van der Waals surface area contributed by atoms with Crippen LogP contribution in [-0.4, -0.2) is 40.6 Å². The summed E-state index contributed by atoms with van der Waals surface area (Å²) < 4.78 is -0.0498. The fraction of sp³-hybridized carbons (Fsp3) is 0.273. The number of nitrogens with zero attached hydrogens (tertiary/aromatic N) is 4. The Kier molecular flexibility index (Phi) is 7.67. The Morgan fingerprint density at radius 3 is 1.32 bits per heavy atom. The van der Waals surface area contributed by atoms with E-state index in [4.69, 9.17) is 20.0 Å². The van der Waals surface area contributed by atoms with Crippen molar-refractivity contribution in [2.45, 2.75) is 76.0 Å². The molecule has 0 N–H and O–H groups in total. The van der Waals surface area contributed by atoms with E-state index >= 15 is 0 Å². The molecule has 0 amide bonds. The van der Waals surface area contributed by atoms with E-state index in [2.05, 4.69) is 165 Å². The number of aromatic nitrogens is 2. The molecule has 0 atom stereocenters. The number of rotatable bonds is 5. The molecule has 50 heavy (non-hydrogen) atoms. The van der Waals surface area contributed by atoms with Crippen molar-refractivity contribution in [1.29, 1.82) is 0 Å². The van der Waals surface area contributed by atoms with Crippen molar-refractivity contribution in [2.24, 2.45) is 9.98 Å². The summed E-state index contributed by atoms with van der Waals surface area (Å²) >= 11 is 3.64. The minimum absolute atomic E-state index is 0.0233. The molecule has 0 fully saturated rings. The van der Waals surface area contributed by atoms with Crippen molar-refractivity contribution in [2.75, 3.05) is 0 Å². The number of fused-ring (bicyclic) bond motifs is 2. The molecule has 8 rings (SSSR count). The first-order chi connectivity index (χ1) is 23.7. The molecule has 0 bridgehead atoms. The molecule has 2 aliphatic rings. The van der Waals surface area contributed by atoms with Gasteiger partial charge < -0.3 is 0 Å². The van der Waals surface area contributed by atoms with Crippen molar-refractivity contribution in [3.8, 4) is 33.6 Å². The van der Waals surface area contributed by atoms with Crippen LogP contribution in [0.5, 0.6) is 0 Å². The van der Waals surface area contributed by atoms with Gasteiger partial charge in [-0.3, -0.25) is 9.98 Å². The first kappa shape index (κ1) is 32.9. The van der Waals surface area contributed by atoms with Crippen LogP contribution in [0.1, 0.15) is 66.8 Å². The molecule has 6 aromatic rings. The van der Waals surface area contributed by atoms with Crippen LogP contribution in [0.4, 0.5) is 0 Å². The minimum Gasteiger partial charge on any atom is -0.269 e. The zero-order valence-electron chi connectivity index (χ0n) is 30.0. The van der Waals surface area contributed by atoms with Crippen LogP contribution < -0.4 is 0 Å². The predicted molar refractivity (Wildman–Crippen MR) is 218 cm³/mol. The summed E-state index contributed by atoms with van der Waals surface area (Å²) in [6, 6.07) is 38.9. The molecular formula is C44H42N4S2. The van der Waals surface area contributed by atoms with Gasteiger partial charge in [0.25, 0.3) is 0 Å². The molecule has 0 saturated heterocycles. The Morgan fingerprint density at radius 2 is 0.840 bits per heavy atom. The van der Waals surface area contributed by atoms with Gasteiger partial charge in [-0.25, -0.2) is 9.97 Å². The molecular weight excluding hydrogens is 649 g/mol. The summed E-state index contributed by atoms with van der Waals surface area (Å²) in [7, 11) is 0. The third-order valence-electron chi connectivity index (χ3n) is 11.0. The lowest BCUT2D eigenvalue weighted by atomic mass is 9.87. The number of thioether (sulfide) groups is 2. The van der Waals surface area contributed by atoms with Crippen LogP contribution >= 0.6 is 23.5 Å². The minimum atomic E-state index is -0.189. The first-order valence-electron chi connectivity index (χ1n) is 17.3. The Balaban J connectivity index is 1.38. The Bertz CT molecular complexity index is 2390. The van der Waals surface area contributed by atoms with Crippen LogP contribution in [0.2, 0.25) is 0 Å². The third-order valence-corrected chi connectivity index (χ3v) is 14.0. The third kappa shape index (κ3) is 5.39. The number of pyridine rings is 2. The second kappa shape index (κ2) is 11.6. The van der Waals surface area contributed by atoms with Gasteiger partial charge in [-0.15, -0.1) is 0 Å². The SMILES string of the molecule is CC1(C)N=C(c2cccc(-c3c4ccccc4c(-c4cccc(C5=NC(C)(C)C(C)(C)S5)n4)c4cc(-c5ccccc5)ccc34)n2)SC1(C)C. The summed E-state index contributed by atoms with van der Waals surface area (Å²) in [5, 5.41) is 6.58. The Labute approximate surface area is 304 Å². The highest BCUT2D eigenvalue weighted by molar-refractivity contribution is 8.16. The number of hydrogen-bond acceptors (Lipinski definition) is 6. The standard InChI is InChI=1S/C44H42N4S2/c1-41(2)43(5,6)49-39(47-41)35-22-14-20-33(45-35)37-29-18-12-13-19-30(29)38(32-26-28(24-25-31(32)37)27-16-10-9-11-17-27)34-21-15-23-36(46-34)40-48-42(3,4)44(7,8)50-40/h9-26H,1-8H3. The fourth-order valence-corrected chi connectivity index (χ4v) is 9.24. The first-order valence-corrected chi connectivity index (χ1v) is 19.0.